The maximum Gasteiger partial charge on any atom is 0.142 e. The van der Waals surface area contributed by atoms with Crippen molar-refractivity contribution >= 4 is 12.0 Å². The minimum absolute atomic E-state index is 0.0528. The molecule has 1 rings (SSSR count). The van der Waals surface area contributed by atoms with Gasteiger partial charge in [0, 0.05) is 0 Å². The molecule has 0 heterocycles. The third-order valence-electron chi connectivity index (χ3n) is 1.91. The zero-order chi connectivity index (χ0) is 10.4. The lowest BCUT2D eigenvalue weighted by Gasteiger charge is -2.07. The Bertz CT molecular complexity index is 319. The van der Waals surface area contributed by atoms with Gasteiger partial charge in [-0.1, -0.05) is 35.5 Å². The van der Waals surface area contributed by atoms with E-state index in [0.717, 1.165) is 5.56 Å². The number of hydrogen-bond acceptors (Lipinski definition) is 3. The lowest BCUT2D eigenvalue weighted by molar-refractivity contribution is -0.117. The number of rotatable bonds is 4. The number of carbonyl (C=O) groups excluding carboxylic acids is 1. The first-order valence-corrected chi connectivity index (χ1v) is 4.37. The highest BCUT2D eigenvalue weighted by molar-refractivity contribution is 5.98. The maximum absolute atomic E-state index is 11.3. The van der Waals surface area contributed by atoms with Crippen LogP contribution in [0.3, 0.4) is 0 Å². The molecule has 0 amide bonds. The van der Waals surface area contributed by atoms with E-state index in [9.17, 15) is 4.79 Å². The Balaban J connectivity index is 2.89. The van der Waals surface area contributed by atoms with E-state index in [1.165, 1.54) is 13.3 Å². The summed E-state index contributed by atoms with van der Waals surface area (Å²) < 4.78 is 0. The number of nitrogens with zero attached hydrogens (tertiary/aromatic N) is 1. The van der Waals surface area contributed by atoms with Gasteiger partial charge in [0.1, 0.15) is 12.9 Å². The largest absolute Gasteiger partial charge is 0.399 e. The van der Waals surface area contributed by atoms with E-state index < -0.39 is 0 Å². The highest BCUT2D eigenvalue weighted by Crippen LogP contribution is 2.14. The Morgan fingerprint density at radius 2 is 2.07 bits per heavy atom. The van der Waals surface area contributed by atoms with Crippen LogP contribution in [0.4, 0.5) is 0 Å². The van der Waals surface area contributed by atoms with Crippen LogP contribution in [0.2, 0.25) is 0 Å². The van der Waals surface area contributed by atoms with Gasteiger partial charge < -0.3 is 4.84 Å². The van der Waals surface area contributed by atoms with Crippen molar-refractivity contribution in [1.29, 1.82) is 0 Å². The SMILES string of the molecule is CON=CC(C(C)=O)c1ccccc1. The van der Waals surface area contributed by atoms with Crippen molar-refractivity contribution in [2.45, 2.75) is 12.8 Å². The normalized spacial score (nSPS) is 12.7. The van der Waals surface area contributed by atoms with E-state index in [2.05, 4.69) is 9.99 Å². The van der Waals surface area contributed by atoms with Crippen molar-refractivity contribution in [3.63, 3.8) is 0 Å². The van der Waals surface area contributed by atoms with E-state index >= 15 is 0 Å². The molecule has 0 saturated heterocycles. The summed E-state index contributed by atoms with van der Waals surface area (Å²) in [4.78, 5) is 15.9. The number of carbonyl (C=O) groups is 1. The fourth-order valence-electron chi connectivity index (χ4n) is 1.21. The van der Waals surface area contributed by atoms with Gasteiger partial charge in [0.05, 0.1) is 12.1 Å². The van der Waals surface area contributed by atoms with Crippen LogP contribution in [0.1, 0.15) is 18.4 Å². The number of benzene rings is 1. The Morgan fingerprint density at radius 3 is 2.57 bits per heavy atom. The fraction of sp³-hybridized carbons (Fsp3) is 0.273. The first-order valence-electron chi connectivity index (χ1n) is 4.37. The van der Waals surface area contributed by atoms with Crippen molar-refractivity contribution < 1.29 is 9.63 Å². The van der Waals surface area contributed by atoms with Crippen LogP contribution in [-0.4, -0.2) is 19.1 Å². The predicted octanol–water partition coefficient (Wildman–Crippen LogP) is 1.99. The molecule has 74 valence electrons. The Kier molecular flexibility index (Phi) is 3.85. The standard InChI is InChI=1S/C11H13NO2/c1-9(13)11(8-12-14-2)10-6-4-3-5-7-10/h3-8,11H,1-2H3. The van der Waals surface area contributed by atoms with Crippen molar-refractivity contribution in [1.82, 2.24) is 0 Å². The molecule has 0 aliphatic carbocycles. The minimum Gasteiger partial charge on any atom is -0.399 e. The lowest BCUT2D eigenvalue weighted by atomic mass is 9.97. The molecule has 0 aromatic heterocycles. The monoisotopic (exact) mass is 191 g/mol. The second kappa shape index (κ2) is 5.17. The van der Waals surface area contributed by atoms with Gasteiger partial charge in [0.25, 0.3) is 0 Å². The van der Waals surface area contributed by atoms with Crippen LogP contribution in [0.15, 0.2) is 35.5 Å². The molecular weight excluding hydrogens is 178 g/mol. The van der Waals surface area contributed by atoms with E-state index in [1.54, 1.807) is 6.92 Å². The molecule has 1 atom stereocenters. The second-order valence-corrected chi connectivity index (χ2v) is 2.94. The second-order valence-electron chi connectivity index (χ2n) is 2.94. The predicted molar refractivity (Wildman–Crippen MR) is 55.4 cm³/mol. The van der Waals surface area contributed by atoms with Crippen LogP contribution in [0.25, 0.3) is 0 Å². The van der Waals surface area contributed by atoms with Crippen molar-refractivity contribution in [2.75, 3.05) is 7.11 Å². The molecule has 3 nitrogen and oxygen atoms in total. The summed E-state index contributed by atoms with van der Waals surface area (Å²) in [5, 5.41) is 3.62. The van der Waals surface area contributed by atoms with Crippen LogP contribution in [-0.2, 0) is 9.63 Å². The molecule has 0 saturated carbocycles. The summed E-state index contributed by atoms with van der Waals surface area (Å²) in [5.41, 5.74) is 0.931. The number of ketones is 1. The Hall–Kier alpha value is -1.64. The molecular formula is C11H13NO2. The molecule has 0 bridgehead atoms. The van der Waals surface area contributed by atoms with E-state index in [1.807, 2.05) is 30.3 Å². The summed E-state index contributed by atoms with van der Waals surface area (Å²) >= 11 is 0. The van der Waals surface area contributed by atoms with Gasteiger partial charge in [-0.25, -0.2) is 0 Å². The molecule has 0 N–H and O–H groups in total. The average Bonchev–Trinajstić information content (AvgIpc) is 2.19. The highest BCUT2D eigenvalue weighted by Gasteiger charge is 2.13. The van der Waals surface area contributed by atoms with E-state index in [4.69, 9.17) is 0 Å². The van der Waals surface area contributed by atoms with Gasteiger partial charge in [0.15, 0.2) is 0 Å². The molecule has 3 heteroatoms. The van der Waals surface area contributed by atoms with E-state index in [-0.39, 0.29) is 11.7 Å². The molecule has 0 aliphatic rings. The average molecular weight is 191 g/mol. The van der Waals surface area contributed by atoms with Crippen molar-refractivity contribution in [3.05, 3.63) is 35.9 Å². The first kappa shape index (κ1) is 10.4. The molecule has 1 unspecified atom stereocenters. The van der Waals surface area contributed by atoms with Gasteiger partial charge in [-0.15, -0.1) is 0 Å². The fourth-order valence-corrected chi connectivity index (χ4v) is 1.21. The van der Waals surface area contributed by atoms with Gasteiger partial charge in [-0.3, -0.25) is 4.79 Å². The molecule has 0 aliphatic heterocycles. The van der Waals surface area contributed by atoms with E-state index in [0.29, 0.717) is 0 Å². The first-order chi connectivity index (χ1) is 6.75. The molecule has 14 heavy (non-hydrogen) atoms. The molecule has 0 radical (unpaired) electrons. The van der Waals surface area contributed by atoms with Crippen LogP contribution < -0.4 is 0 Å². The third-order valence-corrected chi connectivity index (χ3v) is 1.91. The van der Waals surface area contributed by atoms with Crippen LogP contribution in [0, 0.1) is 0 Å². The van der Waals surface area contributed by atoms with Gasteiger partial charge >= 0.3 is 0 Å². The molecule has 0 fully saturated rings. The highest BCUT2D eigenvalue weighted by atomic mass is 16.6. The van der Waals surface area contributed by atoms with Gasteiger partial charge in [0.2, 0.25) is 0 Å². The van der Waals surface area contributed by atoms with Crippen molar-refractivity contribution in [2.24, 2.45) is 5.16 Å². The van der Waals surface area contributed by atoms with Crippen LogP contribution >= 0.6 is 0 Å². The minimum atomic E-state index is -0.309. The zero-order valence-electron chi connectivity index (χ0n) is 8.31. The zero-order valence-corrected chi connectivity index (χ0v) is 8.31. The van der Waals surface area contributed by atoms with Gasteiger partial charge in [-0.2, -0.15) is 0 Å². The molecule has 1 aromatic rings. The summed E-state index contributed by atoms with van der Waals surface area (Å²) in [6.07, 6.45) is 1.51. The maximum atomic E-state index is 11.3. The number of Topliss-reactive ketones (excluding diaryl/α,β-unsaturated/α-hetero) is 1. The Labute approximate surface area is 83.4 Å². The topological polar surface area (TPSA) is 38.7 Å². The Morgan fingerprint density at radius 1 is 1.43 bits per heavy atom. The smallest absolute Gasteiger partial charge is 0.142 e. The number of hydrogen-bond donors (Lipinski definition) is 0. The van der Waals surface area contributed by atoms with Crippen LogP contribution in [0.5, 0.6) is 0 Å². The summed E-state index contributed by atoms with van der Waals surface area (Å²) in [6, 6.07) is 9.49. The summed E-state index contributed by atoms with van der Waals surface area (Å²) in [6.45, 7) is 1.54. The van der Waals surface area contributed by atoms with Gasteiger partial charge in [-0.05, 0) is 12.5 Å². The lowest BCUT2D eigenvalue weighted by Crippen LogP contribution is -2.10. The quantitative estimate of drug-likeness (QED) is 0.539. The number of oxime groups is 1. The summed E-state index contributed by atoms with van der Waals surface area (Å²) in [5.74, 6) is -0.256. The van der Waals surface area contributed by atoms with Crippen molar-refractivity contribution in [3.8, 4) is 0 Å². The molecule has 1 aromatic carbocycles. The third kappa shape index (κ3) is 2.69. The molecule has 0 spiro atoms. The summed E-state index contributed by atoms with van der Waals surface area (Å²) in [7, 11) is 1.46.